The molecule has 4 N–H and O–H groups in total. The summed E-state index contributed by atoms with van der Waals surface area (Å²) in [4.78, 5) is 38.0. The van der Waals surface area contributed by atoms with Crippen molar-refractivity contribution in [2.45, 2.75) is 64.6 Å². The van der Waals surface area contributed by atoms with Gasteiger partial charge in [0, 0.05) is 6.42 Å². The van der Waals surface area contributed by atoms with E-state index in [2.05, 4.69) is 16.7 Å². The first-order chi connectivity index (χ1) is 16.1. The van der Waals surface area contributed by atoms with E-state index >= 15 is 0 Å². The van der Waals surface area contributed by atoms with Gasteiger partial charge >= 0.3 is 5.97 Å². The number of hydrogen-bond donors (Lipinski definition) is 3. The lowest BCUT2D eigenvalue weighted by Crippen LogP contribution is -2.56. The summed E-state index contributed by atoms with van der Waals surface area (Å²) < 4.78 is 4.75. The molecule has 0 heterocycles. The second kappa shape index (κ2) is 10.8. The molecule has 0 bridgehead atoms. The first-order valence-corrected chi connectivity index (χ1v) is 11.7. The lowest BCUT2D eigenvalue weighted by Gasteiger charge is -2.30. The summed E-state index contributed by atoms with van der Waals surface area (Å²) in [6, 6.07) is 13.3. The zero-order chi connectivity index (χ0) is 24.9. The molecular formula is C27H35N3O4. The van der Waals surface area contributed by atoms with Crippen LogP contribution in [0.15, 0.2) is 48.5 Å². The number of methoxy groups -OCH3 is 1. The van der Waals surface area contributed by atoms with Crippen LogP contribution >= 0.6 is 0 Å². The van der Waals surface area contributed by atoms with Gasteiger partial charge in [0.1, 0.15) is 6.04 Å². The molecular weight excluding hydrogens is 430 g/mol. The van der Waals surface area contributed by atoms with Gasteiger partial charge in [-0.1, -0.05) is 57.2 Å². The topological polar surface area (TPSA) is 111 Å². The summed E-state index contributed by atoms with van der Waals surface area (Å²) in [7, 11) is 1.33. The molecule has 3 rings (SSSR count). The number of benzene rings is 2. The highest BCUT2D eigenvalue weighted by atomic mass is 16.5. The highest BCUT2D eigenvalue weighted by Crippen LogP contribution is 2.29. The molecule has 0 unspecified atom stereocenters. The Bertz CT molecular complexity index is 1030. The van der Waals surface area contributed by atoms with Crippen molar-refractivity contribution in [3.8, 4) is 0 Å². The van der Waals surface area contributed by atoms with Crippen LogP contribution in [0.3, 0.4) is 0 Å². The number of esters is 1. The Kier molecular flexibility index (Phi) is 8.10. The van der Waals surface area contributed by atoms with E-state index in [1.807, 2.05) is 39.0 Å². The second-order valence-corrected chi connectivity index (χ2v) is 9.95. The number of rotatable bonds is 7. The Morgan fingerprint density at radius 2 is 1.74 bits per heavy atom. The fourth-order valence-electron chi connectivity index (χ4n) is 4.17. The van der Waals surface area contributed by atoms with Gasteiger partial charge in [-0.3, -0.25) is 9.59 Å². The summed E-state index contributed by atoms with van der Waals surface area (Å²) in [5.41, 5.74) is 9.31. The Morgan fingerprint density at radius 3 is 2.38 bits per heavy atom. The number of hydrogen-bond acceptors (Lipinski definition) is 5. The zero-order valence-corrected chi connectivity index (χ0v) is 20.4. The first-order valence-electron chi connectivity index (χ1n) is 11.7. The number of ether oxygens (including phenoxy) is 1. The molecule has 182 valence electrons. The molecule has 0 radical (unpaired) electrons. The Hall–Kier alpha value is -3.19. The van der Waals surface area contributed by atoms with Gasteiger partial charge in [0.2, 0.25) is 11.8 Å². The van der Waals surface area contributed by atoms with E-state index in [1.165, 1.54) is 12.7 Å². The summed E-state index contributed by atoms with van der Waals surface area (Å²) >= 11 is 0. The van der Waals surface area contributed by atoms with Crippen molar-refractivity contribution in [3.63, 3.8) is 0 Å². The molecule has 0 saturated heterocycles. The van der Waals surface area contributed by atoms with Crippen molar-refractivity contribution in [2.75, 3.05) is 7.11 Å². The number of fused-ring (bicyclic) bond motifs is 1. The molecule has 7 nitrogen and oxygen atoms in total. The number of amides is 2. The van der Waals surface area contributed by atoms with E-state index in [-0.39, 0.29) is 24.3 Å². The number of nitrogens with two attached hydrogens (primary N) is 1. The SMILES string of the molecule is COC(=O)c1ccc(C[C@H](NC(=O)[C@@H](N)C(C)(C)C)C(=O)N[C@@H]2CCCc3ccccc32)cc1. The highest BCUT2D eigenvalue weighted by Gasteiger charge is 2.32. The normalized spacial score (nSPS) is 17.1. The predicted octanol–water partition coefficient (Wildman–Crippen LogP) is 3.07. The van der Waals surface area contributed by atoms with Gasteiger partial charge in [0.05, 0.1) is 24.8 Å². The molecule has 3 atom stereocenters. The minimum atomic E-state index is -0.807. The Labute approximate surface area is 201 Å². The van der Waals surface area contributed by atoms with Crippen LogP contribution in [0.25, 0.3) is 0 Å². The van der Waals surface area contributed by atoms with Crippen molar-refractivity contribution in [2.24, 2.45) is 11.1 Å². The van der Waals surface area contributed by atoms with Crippen molar-refractivity contribution in [1.29, 1.82) is 0 Å². The van der Waals surface area contributed by atoms with Crippen LogP contribution in [0, 0.1) is 5.41 Å². The molecule has 2 aromatic rings. The van der Waals surface area contributed by atoms with Crippen molar-refractivity contribution >= 4 is 17.8 Å². The fourth-order valence-corrected chi connectivity index (χ4v) is 4.17. The second-order valence-electron chi connectivity index (χ2n) is 9.95. The third-order valence-corrected chi connectivity index (χ3v) is 6.35. The van der Waals surface area contributed by atoms with E-state index < -0.39 is 23.5 Å². The van der Waals surface area contributed by atoms with Crippen LogP contribution in [-0.4, -0.2) is 37.0 Å². The van der Waals surface area contributed by atoms with E-state index in [9.17, 15) is 14.4 Å². The molecule has 34 heavy (non-hydrogen) atoms. The molecule has 1 aliphatic carbocycles. The van der Waals surface area contributed by atoms with Crippen LogP contribution in [-0.2, 0) is 27.2 Å². The van der Waals surface area contributed by atoms with Gasteiger partial charge in [-0.15, -0.1) is 0 Å². The van der Waals surface area contributed by atoms with E-state index in [0.717, 1.165) is 30.4 Å². The first kappa shape index (κ1) is 25.4. The molecule has 2 amide bonds. The van der Waals surface area contributed by atoms with Gasteiger partial charge in [0.15, 0.2) is 0 Å². The number of nitrogens with one attached hydrogen (secondary N) is 2. The number of carbonyl (C=O) groups excluding carboxylic acids is 3. The van der Waals surface area contributed by atoms with E-state index in [0.29, 0.717) is 5.56 Å². The monoisotopic (exact) mass is 465 g/mol. The highest BCUT2D eigenvalue weighted by molar-refractivity contribution is 5.91. The number of carbonyl (C=O) groups is 3. The third-order valence-electron chi connectivity index (χ3n) is 6.35. The molecule has 0 saturated carbocycles. The quantitative estimate of drug-likeness (QED) is 0.545. The number of aryl methyl sites for hydroxylation is 1. The summed E-state index contributed by atoms with van der Waals surface area (Å²) in [5.74, 6) is -1.06. The van der Waals surface area contributed by atoms with Gasteiger partial charge < -0.3 is 21.1 Å². The molecule has 1 aliphatic rings. The van der Waals surface area contributed by atoms with Crippen LogP contribution in [0.4, 0.5) is 0 Å². The average molecular weight is 466 g/mol. The van der Waals surface area contributed by atoms with Crippen LogP contribution in [0.1, 0.15) is 66.7 Å². The average Bonchev–Trinajstić information content (AvgIpc) is 2.82. The predicted molar refractivity (Wildman–Crippen MR) is 131 cm³/mol. The molecule has 0 fully saturated rings. The molecule has 2 aromatic carbocycles. The Balaban J connectivity index is 1.80. The lowest BCUT2D eigenvalue weighted by atomic mass is 9.86. The summed E-state index contributed by atoms with van der Waals surface area (Å²) in [6.07, 6.45) is 3.10. The maximum Gasteiger partial charge on any atom is 0.337 e. The molecule has 7 heteroatoms. The van der Waals surface area contributed by atoms with Crippen LogP contribution < -0.4 is 16.4 Å². The maximum absolute atomic E-state index is 13.4. The molecule has 0 aliphatic heterocycles. The molecule has 0 aromatic heterocycles. The van der Waals surface area contributed by atoms with Gasteiger partial charge in [0.25, 0.3) is 0 Å². The maximum atomic E-state index is 13.4. The summed E-state index contributed by atoms with van der Waals surface area (Å²) in [6.45, 7) is 5.66. The third kappa shape index (κ3) is 6.23. The minimum Gasteiger partial charge on any atom is -0.465 e. The summed E-state index contributed by atoms with van der Waals surface area (Å²) in [5, 5.41) is 6.01. The van der Waals surface area contributed by atoms with Gasteiger partial charge in [-0.05, 0) is 53.5 Å². The van der Waals surface area contributed by atoms with Gasteiger partial charge in [-0.2, -0.15) is 0 Å². The zero-order valence-electron chi connectivity index (χ0n) is 20.4. The smallest absolute Gasteiger partial charge is 0.337 e. The van der Waals surface area contributed by atoms with Crippen LogP contribution in [0.2, 0.25) is 0 Å². The van der Waals surface area contributed by atoms with Crippen molar-refractivity contribution in [3.05, 3.63) is 70.8 Å². The minimum absolute atomic E-state index is 0.102. The van der Waals surface area contributed by atoms with Crippen molar-refractivity contribution < 1.29 is 19.1 Å². The largest absolute Gasteiger partial charge is 0.465 e. The standard InChI is InChI=1S/C27H35N3O4/c1-27(2,3)23(28)25(32)30-22(16-17-12-14-19(15-13-17)26(33)34-4)24(31)29-21-11-7-9-18-8-5-6-10-20(18)21/h5-6,8,10,12-15,21-23H,7,9,11,16,28H2,1-4H3,(H,29,31)(H,30,32)/t21-,22+,23-/m1/s1. The van der Waals surface area contributed by atoms with E-state index in [1.54, 1.807) is 24.3 Å². The van der Waals surface area contributed by atoms with Crippen LogP contribution in [0.5, 0.6) is 0 Å². The Morgan fingerprint density at radius 1 is 1.06 bits per heavy atom. The lowest BCUT2D eigenvalue weighted by molar-refractivity contribution is -0.131. The molecule has 0 spiro atoms. The van der Waals surface area contributed by atoms with E-state index in [4.69, 9.17) is 10.5 Å². The van der Waals surface area contributed by atoms with Gasteiger partial charge in [-0.25, -0.2) is 4.79 Å². The van der Waals surface area contributed by atoms with Crippen molar-refractivity contribution in [1.82, 2.24) is 10.6 Å². The fraction of sp³-hybridized carbons (Fsp3) is 0.444.